The van der Waals surface area contributed by atoms with Gasteiger partial charge in [0.05, 0.1) is 0 Å². The molecule has 2 aliphatic carbocycles. The monoisotopic (exact) mass is 182 g/mol. The lowest BCUT2D eigenvalue weighted by Crippen LogP contribution is -2.48. The molecule has 2 N–H and O–H groups in total. The van der Waals surface area contributed by atoms with Crippen molar-refractivity contribution < 1.29 is 0 Å². The molecule has 0 saturated heterocycles. The Bertz CT molecular complexity index is 165. The fourth-order valence-electron chi connectivity index (χ4n) is 2.53. The highest BCUT2D eigenvalue weighted by Gasteiger charge is 2.29. The summed E-state index contributed by atoms with van der Waals surface area (Å²) in [6, 6.07) is 1.12. The molecule has 2 atom stereocenters. The Morgan fingerprint density at radius 1 is 1.15 bits per heavy atom. The highest BCUT2D eigenvalue weighted by molar-refractivity contribution is 4.87. The van der Waals surface area contributed by atoms with Gasteiger partial charge < -0.3 is 10.6 Å². The van der Waals surface area contributed by atoms with Crippen molar-refractivity contribution in [1.82, 2.24) is 4.90 Å². The van der Waals surface area contributed by atoms with E-state index in [1.807, 2.05) is 0 Å². The molecule has 0 aromatic carbocycles. The van der Waals surface area contributed by atoms with Crippen molar-refractivity contribution in [2.24, 2.45) is 11.7 Å². The van der Waals surface area contributed by atoms with Gasteiger partial charge >= 0.3 is 0 Å². The summed E-state index contributed by atoms with van der Waals surface area (Å²) in [5, 5.41) is 0. The molecule has 2 aliphatic rings. The fourth-order valence-corrected chi connectivity index (χ4v) is 2.53. The number of likely N-dealkylation sites (N-methyl/N-ethyl adjacent to an activating group) is 1. The fraction of sp³-hybridized carbons (Fsp3) is 1.00. The average Bonchev–Trinajstić information content (AvgIpc) is 2.89. The zero-order chi connectivity index (χ0) is 9.26. The minimum atomic E-state index is 0.442. The van der Waals surface area contributed by atoms with E-state index in [9.17, 15) is 0 Å². The minimum Gasteiger partial charge on any atom is -0.326 e. The Morgan fingerprint density at radius 2 is 1.85 bits per heavy atom. The van der Waals surface area contributed by atoms with Gasteiger partial charge in [-0.2, -0.15) is 0 Å². The molecule has 13 heavy (non-hydrogen) atoms. The van der Waals surface area contributed by atoms with E-state index in [0.29, 0.717) is 12.1 Å². The normalized spacial score (nSPS) is 35.3. The molecule has 2 nitrogen and oxygen atoms in total. The zero-order valence-electron chi connectivity index (χ0n) is 8.71. The van der Waals surface area contributed by atoms with Crippen LogP contribution in [0.5, 0.6) is 0 Å². The van der Waals surface area contributed by atoms with Crippen LogP contribution in [0.2, 0.25) is 0 Å². The van der Waals surface area contributed by atoms with E-state index in [1.165, 1.54) is 45.1 Å². The van der Waals surface area contributed by atoms with Gasteiger partial charge in [0, 0.05) is 18.6 Å². The standard InChI is InChI=1S/C11H22N2/c1-13(8-9-6-7-9)11-5-3-2-4-10(11)12/h9-11H,2-8,12H2,1H3. The lowest BCUT2D eigenvalue weighted by molar-refractivity contribution is 0.163. The van der Waals surface area contributed by atoms with Crippen LogP contribution >= 0.6 is 0 Å². The lowest BCUT2D eigenvalue weighted by Gasteiger charge is -2.36. The molecule has 0 heterocycles. The zero-order valence-corrected chi connectivity index (χ0v) is 8.71. The third-order valence-corrected chi connectivity index (χ3v) is 3.59. The number of nitrogens with two attached hydrogens (primary N) is 1. The molecule has 2 unspecified atom stereocenters. The van der Waals surface area contributed by atoms with E-state index >= 15 is 0 Å². The lowest BCUT2D eigenvalue weighted by atomic mass is 9.90. The van der Waals surface area contributed by atoms with E-state index in [1.54, 1.807) is 0 Å². The van der Waals surface area contributed by atoms with Crippen LogP contribution < -0.4 is 5.73 Å². The first-order valence-corrected chi connectivity index (χ1v) is 5.73. The molecular formula is C11H22N2. The van der Waals surface area contributed by atoms with Gasteiger partial charge in [-0.25, -0.2) is 0 Å². The minimum absolute atomic E-state index is 0.442. The second-order valence-electron chi connectivity index (χ2n) is 4.90. The summed E-state index contributed by atoms with van der Waals surface area (Å²) in [5.74, 6) is 0.999. The highest BCUT2D eigenvalue weighted by atomic mass is 15.2. The van der Waals surface area contributed by atoms with E-state index in [4.69, 9.17) is 5.73 Å². The number of rotatable bonds is 3. The Morgan fingerprint density at radius 3 is 2.46 bits per heavy atom. The molecule has 2 heteroatoms. The molecule has 76 valence electrons. The third-order valence-electron chi connectivity index (χ3n) is 3.59. The number of nitrogens with zero attached hydrogens (tertiary/aromatic N) is 1. The second-order valence-corrected chi connectivity index (χ2v) is 4.90. The number of hydrogen-bond acceptors (Lipinski definition) is 2. The molecule has 2 rings (SSSR count). The maximum Gasteiger partial charge on any atom is 0.0244 e. The SMILES string of the molecule is CN(CC1CC1)C1CCCCC1N. The predicted molar refractivity (Wildman–Crippen MR) is 55.6 cm³/mol. The molecule has 2 saturated carbocycles. The van der Waals surface area contributed by atoms with Crippen LogP contribution in [-0.2, 0) is 0 Å². The Labute approximate surface area is 81.5 Å². The van der Waals surface area contributed by atoms with Crippen LogP contribution in [-0.4, -0.2) is 30.6 Å². The highest BCUT2D eigenvalue weighted by Crippen LogP contribution is 2.31. The molecule has 0 aromatic heterocycles. The predicted octanol–water partition coefficient (Wildman–Crippen LogP) is 1.60. The molecule has 0 aliphatic heterocycles. The summed E-state index contributed by atoms with van der Waals surface area (Å²) in [7, 11) is 2.26. The molecule has 0 amide bonds. The van der Waals surface area contributed by atoms with Crippen molar-refractivity contribution >= 4 is 0 Å². The van der Waals surface area contributed by atoms with Crippen LogP contribution in [0.25, 0.3) is 0 Å². The van der Waals surface area contributed by atoms with Gasteiger partial charge in [-0.3, -0.25) is 0 Å². The van der Waals surface area contributed by atoms with Crippen LogP contribution in [0, 0.1) is 5.92 Å². The van der Waals surface area contributed by atoms with Crippen molar-refractivity contribution in [3.8, 4) is 0 Å². The maximum atomic E-state index is 6.13. The summed E-state index contributed by atoms with van der Waals surface area (Å²) in [5.41, 5.74) is 6.13. The van der Waals surface area contributed by atoms with E-state index in [2.05, 4.69) is 11.9 Å². The molecule has 0 aromatic rings. The van der Waals surface area contributed by atoms with Crippen molar-refractivity contribution in [2.45, 2.75) is 50.6 Å². The van der Waals surface area contributed by atoms with Crippen LogP contribution in [0.4, 0.5) is 0 Å². The van der Waals surface area contributed by atoms with Crippen LogP contribution in [0.3, 0.4) is 0 Å². The first-order chi connectivity index (χ1) is 6.27. The first kappa shape index (κ1) is 9.47. The summed E-state index contributed by atoms with van der Waals surface area (Å²) in [6.45, 7) is 1.29. The molecule has 0 spiro atoms. The first-order valence-electron chi connectivity index (χ1n) is 5.73. The van der Waals surface area contributed by atoms with E-state index in [0.717, 1.165) is 5.92 Å². The Balaban J connectivity index is 1.81. The Kier molecular flexibility index (Phi) is 2.89. The van der Waals surface area contributed by atoms with E-state index < -0.39 is 0 Å². The van der Waals surface area contributed by atoms with Gasteiger partial charge in [0.15, 0.2) is 0 Å². The third kappa shape index (κ3) is 2.44. The second kappa shape index (κ2) is 3.97. The quantitative estimate of drug-likeness (QED) is 0.718. The summed E-state index contributed by atoms with van der Waals surface area (Å²) >= 11 is 0. The van der Waals surface area contributed by atoms with Crippen molar-refractivity contribution in [3.05, 3.63) is 0 Å². The van der Waals surface area contributed by atoms with Gasteiger partial charge in [-0.05, 0) is 38.6 Å². The van der Waals surface area contributed by atoms with Crippen molar-refractivity contribution in [1.29, 1.82) is 0 Å². The summed E-state index contributed by atoms with van der Waals surface area (Å²) < 4.78 is 0. The summed E-state index contributed by atoms with van der Waals surface area (Å²) in [4.78, 5) is 2.52. The van der Waals surface area contributed by atoms with Crippen LogP contribution in [0.15, 0.2) is 0 Å². The molecular weight excluding hydrogens is 160 g/mol. The van der Waals surface area contributed by atoms with Crippen LogP contribution in [0.1, 0.15) is 38.5 Å². The summed E-state index contributed by atoms with van der Waals surface area (Å²) in [6.07, 6.45) is 8.19. The van der Waals surface area contributed by atoms with Gasteiger partial charge in [-0.15, -0.1) is 0 Å². The molecule has 2 fully saturated rings. The number of hydrogen-bond donors (Lipinski definition) is 1. The van der Waals surface area contributed by atoms with Gasteiger partial charge in [0.1, 0.15) is 0 Å². The van der Waals surface area contributed by atoms with E-state index in [-0.39, 0.29) is 0 Å². The van der Waals surface area contributed by atoms with Gasteiger partial charge in [-0.1, -0.05) is 12.8 Å². The molecule has 0 bridgehead atoms. The smallest absolute Gasteiger partial charge is 0.0244 e. The van der Waals surface area contributed by atoms with Crippen molar-refractivity contribution in [3.63, 3.8) is 0 Å². The largest absolute Gasteiger partial charge is 0.326 e. The maximum absolute atomic E-state index is 6.13. The van der Waals surface area contributed by atoms with Gasteiger partial charge in [0.2, 0.25) is 0 Å². The molecule has 0 radical (unpaired) electrons. The average molecular weight is 182 g/mol. The topological polar surface area (TPSA) is 29.3 Å². The Hall–Kier alpha value is -0.0800. The van der Waals surface area contributed by atoms with Crippen molar-refractivity contribution in [2.75, 3.05) is 13.6 Å². The van der Waals surface area contributed by atoms with Gasteiger partial charge in [0.25, 0.3) is 0 Å².